The predicted octanol–water partition coefficient (Wildman–Crippen LogP) is 4.27. The Labute approximate surface area is 163 Å². The molecule has 2 aromatic carbocycles. The first-order valence-corrected chi connectivity index (χ1v) is 8.74. The Bertz CT molecular complexity index is 760. The van der Waals surface area contributed by atoms with Gasteiger partial charge in [-0.1, -0.05) is 29.3 Å². The summed E-state index contributed by atoms with van der Waals surface area (Å²) in [6, 6.07) is 8.89. The summed E-state index contributed by atoms with van der Waals surface area (Å²) in [4.78, 5) is 12.2. The number of ether oxygens (including phenoxy) is 3. The van der Waals surface area contributed by atoms with E-state index in [1.165, 1.54) is 7.11 Å². The molecule has 0 aliphatic rings. The second-order valence-electron chi connectivity index (χ2n) is 5.47. The van der Waals surface area contributed by atoms with E-state index in [0.29, 0.717) is 40.3 Å². The van der Waals surface area contributed by atoms with E-state index in [9.17, 15) is 4.79 Å². The fourth-order valence-electron chi connectivity index (χ4n) is 2.59. The highest BCUT2D eigenvalue weighted by Gasteiger charge is 2.16. The summed E-state index contributed by atoms with van der Waals surface area (Å²) in [6.07, 6.45) is 0.743. The quantitative estimate of drug-likeness (QED) is 0.722. The molecule has 26 heavy (non-hydrogen) atoms. The average Bonchev–Trinajstić information content (AvgIpc) is 2.64. The van der Waals surface area contributed by atoms with Crippen molar-refractivity contribution in [2.75, 3.05) is 21.3 Å². The monoisotopic (exact) mass is 397 g/mol. The van der Waals surface area contributed by atoms with Crippen LogP contribution in [0.25, 0.3) is 0 Å². The van der Waals surface area contributed by atoms with Crippen LogP contribution in [0.4, 0.5) is 0 Å². The number of methoxy groups -OCH3 is 3. The highest BCUT2D eigenvalue weighted by atomic mass is 35.5. The number of benzene rings is 2. The van der Waals surface area contributed by atoms with Crippen molar-refractivity contribution in [2.24, 2.45) is 0 Å². The van der Waals surface area contributed by atoms with E-state index in [2.05, 4.69) is 5.32 Å². The molecule has 0 saturated heterocycles. The van der Waals surface area contributed by atoms with Gasteiger partial charge in [0.2, 0.25) is 11.7 Å². The zero-order valence-corrected chi connectivity index (χ0v) is 16.4. The van der Waals surface area contributed by atoms with Gasteiger partial charge in [0.15, 0.2) is 11.5 Å². The fourth-order valence-corrected chi connectivity index (χ4v) is 3.18. The summed E-state index contributed by atoms with van der Waals surface area (Å²) >= 11 is 12.3. The Morgan fingerprint density at radius 2 is 1.62 bits per heavy atom. The number of halogens is 2. The Hall–Kier alpha value is -2.11. The lowest BCUT2D eigenvalue weighted by Crippen LogP contribution is -2.23. The molecule has 0 unspecified atom stereocenters. The zero-order valence-electron chi connectivity index (χ0n) is 14.9. The van der Waals surface area contributed by atoms with E-state index in [0.717, 1.165) is 11.1 Å². The molecule has 0 heterocycles. The van der Waals surface area contributed by atoms with Gasteiger partial charge in [-0.2, -0.15) is 0 Å². The molecule has 0 fully saturated rings. The van der Waals surface area contributed by atoms with Crippen molar-refractivity contribution in [3.05, 3.63) is 51.5 Å². The summed E-state index contributed by atoms with van der Waals surface area (Å²) in [5, 5.41) is 3.99. The van der Waals surface area contributed by atoms with Crippen LogP contribution in [-0.2, 0) is 17.8 Å². The van der Waals surface area contributed by atoms with Gasteiger partial charge in [-0.15, -0.1) is 0 Å². The van der Waals surface area contributed by atoms with Gasteiger partial charge in [-0.05, 0) is 36.2 Å². The lowest BCUT2D eigenvalue weighted by atomic mass is 10.1. The molecule has 0 bridgehead atoms. The maximum Gasteiger partial charge on any atom is 0.220 e. The van der Waals surface area contributed by atoms with Gasteiger partial charge in [-0.25, -0.2) is 0 Å². The number of hydrogen-bond donors (Lipinski definition) is 1. The van der Waals surface area contributed by atoms with Crippen LogP contribution in [0.5, 0.6) is 17.2 Å². The SMILES string of the molecule is COc1ccc(CNC(=O)CCc2c(Cl)cccc2Cl)c(OC)c1OC. The molecular formula is C19H21Cl2NO4. The predicted molar refractivity (Wildman–Crippen MR) is 103 cm³/mol. The highest BCUT2D eigenvalue weighted by molar-refractivity contribution is 6.36. The molecule has 2 rings (SSSR count). The lowest BCUT2D eigenvalue weighted by Gasteiger charge is -2.16. The second-order valence-corrected chi connectivity index (χ2v) is 6.28. The number of hydrogen-bond acceptors (Lipinski definition) is 4. The van der Waals surface area contributed by atoms with E-state index in [1.54, 1.807) is 38.5 Å². The third-order valence-electron chi connectivity index (χ3n) is 3.93. The van der Waals surface area contributed by atoms with Crippen LogP contribution < -0.4 is 19.5 Å². The second kappa shape index (κ2) is 9.55. The molecule has 140 valence electrons. The molecule has 7 heteroatoms. The largest absolute Gasteiger partial charge is 0.493 e. The summed E-state index contributed by atoms with van der Waals surface area (Å²) < 4.78 is 16.0. The number of carbonyl (C=O) groups is 1. The van der Waals surface area contributed by atoms with Crippen molar-refractivity contribution in [3.8, 4) is 17.2 Å². The maximum atomic E-state index is 12.2. The number of rotatable bonds is 8. The van der Waals surface area contributed by atoms with Crippen LogP contribution in [0.1, 0.15) is 17.5 Å². The fraction of sp³-hybridized carbons (Fsp3) is 0.316. The van der Waals surface area contributed by atoms with Crippen molar-refractivity contribution in [2.45, 2.75) is 19.4 Å². The molecular weight excluding hydrogens is 377 g/mol. The Morgan fingerprint density at radius 1 is 0.962 bits per heavy atom. The molecule has 0 spiro atoms. The van der Waals surface area contributed by atoms with Gasteiger partial charge in [0.05, 0.1) is 21.3 Å². The van der Waals surface area contributed by atoms with Gasteiger partial charge in [-0.3, -0.25) is 4.79 Å². The Kier molecular flexibility index (Phi) is 7.42. The highest BCUT2D eigenvalue weighted by Crippen LogP contribution is 2.39. The normalized spacial score (nSPS) is 10.3. The van der Waals surface area contributed by atoms with Gasteiger partial charge < -0.3 is 19.5 Å². The van der Waals surface area contributed by atoms with Gasteiger partial charge in [0.25, 0.3) is 0 Å². The topological polar surface area (TPSA) is 56.8 Å². The van der Waals surface area contributed by atoms with Crippen LogP contribution in [-0.4, -0.2) is 27.2 Å². The van der Waals surface area contributed by atoms with Crippen LogP contribution in [0.15, 0.2) is 30.3 Å². The maximum absolute atomic E-state index is 12.2. The standard InChI is InChI=1S/C19H21Cl2NO4/c1-24-16-9-7-12(18(25-2)19(16)26-3)11-22-17(23)10-8-13-14(20)5-4-6-15(13)21/h4-7,9H,8,10-11H2,1-3H3,(H,22,23). The average molecular weight is 398 g/mol. The molecule has 0 radical (unpaired) electrons. The van der Waals surface area contributed by atoms with Crippen LogP contribution >= 0.6 is 23.2 Å². The van der Waals surface area contributed by atoms with Crippen LogP contribution in [0.2, 0.25) is 10.0 Å². The van der Waals surface area contributed by atoms with Crippen LogP contribution in [0.3, 0.4) is 0 Å². The first-order chi connectivity index (χ1) is 12.5. The van der Waals surface area contributed by atoms with Crippen molar-refractivity contribution in [1.29, 1.82) is 0 Å². The van der Waals surface area contributed by atoms with Crippen molar-refractivity contribution in [3.63, 3.8) is 0 Å². The molecule has 0 atom stereocenters. The summed E-state index contributed by atoms with van der Waals surface area (Å²) in [5.74, 6) is 1.47. The molecule has 0 aliphatic heterocycles. The molecule has 0 aromatic heterocycles. The number of carbonyl (C=O) groups excluding carboxylic acids is 1. The Morgan fingerprint density at radius 3 is 2.19 bits per heavy atom. The Balaban J connectivity index is 2.01. The van der Waals surface area contributed by atoms with E-state index in [4.69, 9.17) is 37.4 Å². The summed E-state index contributed by atoms with van der Waals surface area (Å²) in [7, 11) is 4.64. The molecule has 1 N–H and O–H groups in total. The van der Waals surface area contributed by atoms with Crippen molar-refractivity contribution in [1.82, 2.24) is 5.32 Å². The minimum Gasteiger partial charge on any atom is -0.493 e. The first kappa shape index (κ1) is 20.2. The van der Waals surface area contributed by atoms with E-state index >= 15 is 0 Å². The van der Waals surface area contributed by atoms with Crippen molar-refractivity contribution >= 4 is 29.1 Å². The van der Waals surface area contributed by atoms with E-state index in [1.807, 2.05) is 6.07 Å². The first-order valence-electron chi connectivity index (χ1n) is 7.99. The summed E-state index contributed by atoms with van der Waals surface area (Å²) in [6.45, 7) is 0.304. The molecule has 0 saturated carbocycles. The van der Waals surface area contributed by atoms with Gasteiger partial charge in [0.1, 0.15) is 0 Å². The lowest BCUT2D eigenvalue weighted by molar-refractivity contribution is -0.121. The number of nitrogens with one attached hydrogen (secondary N) is 1. The van der Waals surface area contributed by atoms with Gasteiger partial charge in [0, 0.05) is 28.6 Å². The minimum absolute atomic E-state index is 0.113. The molecule has 5 nitrogen and oxygen atoms in total. The molecule has 2 aromatic rings. The summed E-state index contributed by atoms with van der Waals surface area (Å²) in [5.41, 5.74) is 1.56. The van der Waals surface area contributed by atoms with Crippen LogP contribution in [0, 0.1) is 0 Å². The molecule has 0 aliphatic carbocycles. The molecule has 1 amide bonds. The smallest absolute Gasteiger partial charge is 0.220 e. The minimum atomic E-state index is -0.113. The van der Waals surface area contributed by atoms with E-state index in [-0.39, 0.29) is 12.3 Å². The van der Waals surface area contributed by atoms with Crippen molar-refractivity contribution < 1.29 is 19.0 Å². The third-order valence-corrected chi connectivity index (χ3v) is 4.63. The third kappa shape index (κ3) is 4.74. The zero-order chi connectivity index (χ0) is 19.1. The van der Waals surface area contributed by atoms with E-state index < -0.39 is 0 Å². The number of amides is 1. The van der Waals surface area contributed by atoms with Gasteiger partial charge >= 0.3 is 0 Å².